The Hall–Kier alpha value is -2.21. The molecule has 3 N–H and O–H groups in total. The van der Waals surface area contributed by atoms with Gasteiger partial charge in [-0.15, -0.1) is 10.2 Å². The van der Waals surface area contributed by atoms with E-state index in [0.29, 0.717) is 6.54 Å². The molecule has 0 bridgehead atoms. The monoisotopic (exact) mass is 288 g/mol. The van der Waals surface area contributed by atoms with Crippen molar-refractivity contribution >= 4 is 5.97 Å². The zero-order chi connectivity index (χ0) is 15.2. The summed E-state index contributed by atoms with van der Waals surface area (Å²) in [4.78, 5) is 9.00. The van der Waals surface area contributed by atoms with Crippen molar-refractivity contribution in [3.8, 4) is 0 Å². The number of carbonyl (C=O) groups is 1. The maximum Gasteiger partial charge on any atom is 0.300 e. The van der Waals surface area contributed by atoms with Gasteiger partial charge < -0.3 is 15.4 Å². The second-order valence-electron chi connectivity index (χ2n) is 4.95. The number of carboxylic acids is 1. The van der Waals surface area contributed by atoms with Gasteiger partial charge in [-0.3, -0.25) is 4.79 Å². The molecule has 1 aliphatic rings. The fourth-order valence-corrected chi connectivity index (χ4v) is 2.43. The molecule has 1 aliphatic heterocycles. The first kappa shape index (κ1) is 15.2. The minimum absolute atomic E-state index is 0.625. The van der Waals surface area contributed by atoms with Crippen molar-refractivity contribution in [3.05, 3.63) is 47.0 Å². The van der Waals surface area contributed by atoms with E-state index in [0.717, 1.165) is 44.4 Å². The molecule has 0 saturated heterocycles. The molecule has 1 aromatic heterocycles. The summed E-state index contributed by atoms with van der Waals surface area (Å²) in [6, 6.07) is 8.59. The highest BCUT2D eigenvalue weighted by Crippen LogP contribution is 2.19. The molecule has 0 fully saturated rings. The second-order valence-corrected chi connectivity index (χ2v) is 4.95. The van der Waals surface area contributed by atoms with Gasteiger partial charge in [0.2, 0.25) is 0 Å². The highest BCUT2D eigenvalue weighted by molar-refractivity contribution is 5.62. The summed E-state index contributed by atoms with van der Waals surface area (Å²) in [5.74, 6) is 1.27. The molecule has 0 spiro atoms. The Morgan fingerprint density at radius 2 is 1.95 bits per heavy atom. The lowest BCUT2D eigenvalue weighted by Crippen LogP contribution is -2.12. The van der Waals surface area contributed by atoms with Crippen LogP contribution in [0.3, 0.4) is 0 Å². The van der Waals surface area contributed by atoms with Gasteiger partial charge in [0.1, 0.15) is 11.6 Å². The SMILES string of the molecule is CC(=O)O.NCCc1nnc2n1Cc1ccccc1CC2. The number of nitrogens with zero attached hydrogens (tertiary/aromatic N) is 3. The maximum absolute atomic E-state index is 9.00. The van der Waals surface area contributed by atoms with Crippen molar-refractivity contribution in [2.45, 2.75) is 32.7 Å². The van der Waals surface area contributed by atoms with Gasteiger partial charge in [-0.1, -0.05) is 24.3 Å². The highest BCUT2D eigenvalue weighted by atomic mass is 16.4. The minimum Gasteiger partial charge on any atom is -0.481 e. The number of benzene rings is 1. The largest absolute Gasteiger partial charge is 0.481 e. The number of aliphatic carboxylic acids is 1. The maximum atomic E-state index is 9.00. The number of rotatable bonds is 2. The van der Waals surface area contributed by atoms with Crippen LogP contribution in [0.2, 0.25) is 0 Å². The van der Waals surface area contributed by atoms with E-state index in [-0.39, 0.29) is 0 Å². The Labute approximate surface area is 123 Å². The molecule has 3 rings (SSSR count). The van der Waals surface area contributed by atoms with E-state index in [1.165, 1.54) is 11.1 Å². The smallest absolute Gasteiger partial charge is 0.300 e. The number of fused-ring (bicyclic) bond motifs is 2. The standard InChI is InChI=1S/C13H16N4.C2H4O2/c14-8-7-13-16-15-12-6-5-10-3-1-2-4-11(10)9-17(12)13;1-2(3)4/h1-4H,5-9,14H2;1H3,(H,3,4). The van der Waals surface area contributed by atoms with E-state index in [9.17, 15) is 0 Å². The van der Waals surface area contributed by atoms with E-state index < -0.39 is 5.97 Å². The summed E-state index contributed by atoms with van der Waals surface area (Å²) in [6.45, 7) is 2.59. The molecule has 2 aromatic rings. The molecule has 1 aromatic carbocycles. The molecule has 6 nitrogen and oxygen atoms in total. The topological polar surface area (TPSA) is 94.0 Å². The normalized spacial score (nSPS) is 12.5. The molecule has 6 heteroatoms. The third-order valence-electron chi connectivity index (χ3n) is 3.34. The van der Waals surface area contributed by atoms with Crippen LogP contribution in [0.4, 0.5) is 0 Å². The Balaban J connectivity index is 0.000000361. The van der Waals surface area contributed by atoms with Crippen molar-refractivity contribution in [1.82, 2.24) is 14.8 Å². The quantitative estimate of drug-likeness (QED) is 0.860. The van der Waals surface area contributed by atoms with E-state index in [1.54, 1.807) is 0 Å². The first-order valence-corrected chi connectivity index (χ1v) is 6.99. The summed E-state index contributed by atoms with van der Waals surface area (Å²) in [7, 11) is 0. The molecule has 0 atom stereocenters. The molecular formula is C15H20N4O2. The Morgan fingerprint density at radius 3 is 2.62 bits per heavy atom. The molecule has 0 unspecified atom stereocenters. The lowest BCUT2D eigenvalue weighted by Gasteiger charge is -2.08. The first-order chi connectivity index (χ1) is 10.1. The Bertz CT molecular complexity index is 618. The van der Waals surface area contributed by atoms with Crippen LogP contribution in [-0.2, 0) is 30.6 Å². The molecular weight excluding hydrogens is 268 g/mol. The van der Waals surface area contributed by atoms with E-state index >= 15 is 0 Å². The minimum atomic E-state index is -0.833. The van der Waals surface area contributed by atoms with Crippen molar-refractivity contribution in [2.75, 3.05) is 6.54 Å². The second kappa shape index (κ2) is 6.99. The molecule has 0 aliphatic carbocycles. The zero-order valence-electron chi connectivity index (χ0n) is 12.1. The summed E-state index contributed by atoms with van der Waals surface area (Å²) in [5.41, 5.74) is 8.41. The Kier molecular flexibility index (Phi) is 5.05. The van der Waals surface area contributed by atoms with Crippen molar-refractivity contribution in [2.24, 2.45) is 5.73 Å². The zero-order valence-corrected chi connectivity index (χ0v) is 12.1. The lowest BCUT2D eigenvalue weighted by atomic mass is 10.0. The van der Waals surface area contributed by atoms with E-state index in [4.69, 9.17) is 15.6 Å². The number of hydrogen-bond acceptors (Lipinski definition) is 4. The third kappa shape index (κ3) is 3.88. The van der Waals surface area contributed by atoms with Gasteiger partial charge in [0.05, 0.1) is 6.54 Å². The molecule has 0 saturated carbocycles. The van der Waals surface area contributed by atoms with Crippen molar-refractivity contribution < 1.29 is 9.90 Å². The fourth-order valence-electron chi connectivity index (χ4n) is 2.43. The van der Waals surface area contributed by atoms with E-state index in [1.807, 2.05) is 0 Å². The van der Waals surface area contributed by atoms with Crippen LogP contribution in [-0.4, -0.2) is 32.4 Å². The third-order valence-corrected chi connectivity index (χ3v) is 3.34. The fraction of sp³-hybridized carbons (Fsp3) is 0.400. The number of carboxylic acid groups (broad SMARTS) is 1. The number of aryl methyl sites for hydroxylation is 2. The number of nitrogens with two attached hydrogens (primary N) is 1. The van der Waals surface area contributed by atoms with Crippen LogP contribution in [0.1, 0.15) is 29.7 Å². The summed E-state index contributed by atoms with van der Waals surface area (Å²) < 4.78 is 2.22. The average molecular weight is 288 g/mol. The van der Waals surface area contributed by atoms with Gasteiger partial charge >= 0.3 is 0 Å². The number of hydrogen-bond donors (Lipinski definition) is 2. The Morgan fingerprint density at radius 1 is 1.29 bits per heavy atom. The summed E-state index contributed by atoms with van der Waals surface area (Å²) in [6.07, 6.45) is 2.82. The van der Waals surface area contributed by atoms with Crippen LogP contribution in [0.25, 0.3) is 0 Å². The van der Waals surface area contributed by atoms with Crippen LogP contribution in [0, 0.1) is 0 Å². The lowest BCUT2D eigenvalue weighted by molar-refractivity contribution is -0.134. The summed E-state index contributed by atoms with van der Waals surface area (Å²) >= 11 is 0. The van der Waals surface area contributed by atoms with Gasteiger partial charge in [-0.25, -0.2) is 0 Å². The van der Waals surface area contributed by atoms with Crippen LogP contribution in [0.5, 0.6) is 0 Å². The first-order valence-electron chi connectivity index (χ1n) is 6.99. The molecule has 21 heavy (non-hydrogen) atoms. The average Bonchev–Trinajstić information content (AvgIpc) is 2.70. The highest BCUT2D eigenvalue weighted by Gasteiger charge is 2.17. The van der Waals surface area contributed by atoms with Crippen LogP contribution in [0.15, 0.2) is 24.3 Å². The van der Waals surface area contributed by atoms with Gasteiger partial charge in [0.25, 0.3) is 5.97 Å². The van der Waals surface area contributed by atoms with Gasteiger partial charge in [-0.05, 0) is 24.1 Å². The number of aromatic nitrogens is 3. The molecule has 0 amide bonds. The van der Waals surface area contributed by atoms with Crippen LogP contribution < -0.4 is 5.73 Å². The van der Waals surface area contributed by atoms with E-state index in [2.05, 4.69) is 39.0 Å². The van der Waals surface area contributed by atoms with Crippen molar-refractivity contribution in [3.63, 3.8) is 0 Å². The molecule has 2 heterocycles. The van der Waals surface area contributed by atoms with Crippen molar-refractivity contribution in [1.29, 1.82) is 0 Å². The van der Waals surface area contributed by atoms with Gasteiger partial charge in [-0.2, -0.15) is 0 Å². The predicted molar refractivity (Wildman–Crippen MR) is 79.0 cm³/mol. The van der Waals surface area contributed by atoms with Gasteiger partial charge in [0, 0.05) is 19.8 Å². The molecule has 112 valence electrons. The predicted octanol–water partition coefficient (Wildman–Crippen LogP) is 1.02. The van der Waals surface area contributed by atoms with Gasteiger partial charge in [0.15, 0.2) is 0 Å². The summed E-state index contributed by atoms with van der Waals surface area (Å²) in [5, 5.41) is 15.9. The molecule has 0 radical (unpaired) electrons. The van der Waals surface area contributed by atoms with Crippen LogP contribution >= 0.6 is 0 Å².